The maximum absolute atomic E-state index is 12.3. The summed E-state index contributed by atoms with van der Waals surface area (Å²) in [5.74, 6) is 0. The van der Waals surface area contributed by atoms with Crippen LogP contribution in [0.1, 0.15) is 6.92 Å². The number of carbonyl (C=O) groups excluding carboxylic acids is 1. The van der Waals surface area contributed by atoms with Crippen molar-refractivity contribution in [1.82, 2.24) is 10.6 Å². The van der Waals surface area contributed by atoms with E-state index in [0.717, 1.165) is 0 Å². The third-order valence-corrected chi connectivity index (χ3v) is 1.78. The molecular formula is C7H4F6N2O. The number of hydrogen-bond acceptors (Lipinski definition) is 1. The fourth-order valence-electron chi connectivity index (χ4n) is 1.20. The van der Waals surface area contributed by atoms with Crippen molar-refractivity contribution in [3.05, 3.63) is 11.3 Å². The Kier molecular flexibility index (Phi) is 2.82. The summed E-state index contributed by atoms with van der Waals surface area (Å²) in [6.07, 6.45) is -10.5. The molecule has 0 aromatic heterocycles. The van der Waals surface area contributed by atoms with E-state index in [2.05, 4.69) is 10.6 Å². The lowest BCUT2D eigenvalue weighted by Crippen LogP contribution is -2.51. The minimum Gasteiger partial charge on any atom is -0.244 e. The number of alkyl halides is 6. The van der Waals surface area contributed by atoms with Gasteiger partial charge in [-0.2, -0.15) is 31.7 Å². The van der Waals surface area contributed by atoms with E-state index in [0.29, 0.717) is 6.92 Å². The quantitative estimate of drug-likeness (QED) is 0.603. The average Bonchev–Trinajstić information content (AvgIpc) is 1.97. The van der Waals surface area contributed by atoms with Crippen molar-refractivity contribution >= 4 is 6.03 Å². The first kappa shape index (κ1) is 12.7. The van der Waals surface area contributed by atoms with Gasteiger partial charge in [0.15, 0.2) is 6.04 Å². The van der Waals surface area contributed by atoms with Crippen LogP contribution in [0.25, 0.3) is 0 Å². The molecule has 0 aliphatic carbocycles. The van der Waals surface area contributed by atoms with Crippen LogP contribution < -0.4 is 10.6 Å². The molecule has 0 saturated heterocycles. The zero-order valence-electron chi connectivity index (χ0n) is 7.65. The van der Waals surface area contributed by atoms with Gasteiger partial charge in [0.1, 0.15) is 0 Å². The van der Waals surface area contributed by atoms with Crippen LogP contribution in [-0.4, -0.2) is 24.4 Å². The molecule has 9 heteroatoms. The molecule has 1 aliphatic rings. The molecule has 0 saturated carbocycles. The van der Waals surface area contributed by atoms with Gasteiger partial charge in [-0.25, -0.2) is 10.1 Å². The van der Waals surface area contributed by atoms with Gasteiger partial charge in [0.05, 0.1) is 11.3 Å². The number of hydrogen-bond donors (Lipinski definition) is 0. The molecule has 90 valence electrons. The molecule has 0 bridgehead atoms. The number of halogens is 6. The van der Waals surface area contributed by atoms with E-state index in [1.54, 1.807) is 0 Å². The van der Waals surface area contributed by atoms with Gasteiger partial charge in [-0.05, 0) is 6.92 Å². The standard InChI is InChI=1S/C7H4F6N2O/c1-2-3(6(8,9)10)4(7(11,12)13)15-5(16)14-2/h4H,1H3. The molecular weight excluding hydrogens is 242 g/mol. The Morgan fingerprint density at radius 2 is 1.62 bits per heavy atom. The van der Waals surface area contributed by atoms with Gasteiger partial charge < -0.3 is 0 Å². The lowest BCUT2D eigenvalue weighted by molar-refractivity contribution is -0.169. The Morgan fingerprint density at radius 3 is 2.00 bits per heavy atom. The highest BCUT2D eigenvalue weighted by Crippen LogP contribution is 2.39. The maximum Gasteiger partial charge on any atom is 0.416 e. The molecule has 0 aromatic carbocycles. The molecule has 16 heavy (non-hydrogen) atoms. The van der Waals surface area contributed by atoms with Gasteiger partial charge in [-0.1, -0.05) is 0 Å². The SMILES string of the molecule is CC1=C(C(F)(F)F)C(C(F)(F)F)[N]C(=O)[N]1. The monoisotopic (exact) mass is 246 g/mol. The molecule has 1 aliphatic heterocycles. The summed E-state index contributed by atoms with van der Waals surface area (Å²) in [6.45, 7) is 0.689. The third kappa shape index (κ3) is 2.39. The first-order chi connectivity index (χ1) is 7.03. The first-order valence-corrected chi connectivity index (χ1v) is 3.84. The van der Waals surface area contributed by atoms with E-state index in [1.165, 1.54) is 0 Å². The minimum atomic E-state index is -5.27. The molecule has 1 heterocycles. The summed E-state index contributed by atoms with van der Waals surface area (Å²) in [7, 11) is 0. The van der Waals surface area contributed by atoms with Gasteiger partial charge in [-0.15, -0.1) is 0 Å². The van der Waals surface area contributed by atoms with E-state index >= 15 is 0 Å². The van der Waals surface area contributed by atoms with E-state index in [-0.39, 0.29) is 0 Å². The van der Waals surface area contributed by atoms with Crippen LogP contribution in [0.3, 0.4) is 0 Å². The molecule has 0 N–H and O–H groups in total. The molecule has 1 rings (SSSR count). The summed E-state index contributed by atoms with van der Waals surface area (Å²) < 4.78 is 73.7. The smallest absolute Gasteiger partial charge is 0.244 e. The van der Waals surface area contributed by atoms with Gasteiger partial charge >= 0.3 is 18.4 Å². The second-order valence-electron chi connectivity index (χ2n) is 2.96. The van der Waals surface area contributed by atoms with E-state index in [9.17, 15) is 31.1 Å². The highest BCUT2D eigenvalue weighted by atomic mass is 19.4. The molecule has 2 amide bonds. The average molecular weight is 246 g/mol. The molecule has 1 atom stereocenters. The highest BCUT2D eigenvalue weighted by Gasteiger charge is 2.56. The van der Waals surface area contributed by atoms with E-state index in [4.69, 9.17) is 0 Å². The van der Waals surface area contributed by atoms with Crippen LogP contribution in [0.2, 0.25) is 0 Å². The molecule has 0 spiro atoms. The van der Waals surface area contributed by atoms with Crippen LogP contribution in [0.15, 0.2) is 11.3 Å². The highest BCUT2D eigenvalue weighted by molar-refractivity contribution is 5.78. The zero-order chi connectivity index (χ0) is 12.7. The summed E-state index contributed by atoms with van der Waals surface area (Å²) in [4.78, 5) is 10.6. The van der Waals surface area contributed by atoms with Crippen molar-refractivity contribution in [2.24, 2.45) is 0 Å². The predicted molar refractivity (Wildman–Crippen MR) is 38.3 cm³/mol. The van der Waals surface area contributed by atoms with Gasteiger partial charge in [0, 0.05) is 0 Å². The summed E-state index contributed by atoms with van der Waals surface area (Å²) in [5, 5.41) is 5.09. The maximum atomic E-state index is 12.3. The molecule has 1 unspecified atom stereocenters. The van der Waals surface area contributed by atoms with Gasteiger partial charge in [0.2, 0.25) is 0 Å². The van der Waals surface area contributed by atoms with Crippen molar-refractivity contribution in [2.45, 2.75) is 25.3 Å². The number of amides is 2. The predicted octanol–water partition coefficient (Wildman–Crippen LogP) is 2.10. The Labute approximate surface area is 85.5 Å². The number of allylic oxidation sites excluding steroid dienone is 1. The van der Waals surface area contributed by atoms with Crippen molar-refractivity contribution in [1.29, 1.82) is 0 Å². The molecule has 0 fully saturated rings. The molecule has 3 nitrogen and oxygen atoms in total. The normalized spacial score (nSPS) is 22.9. The summed E-state index contributed by atoms with van der Waals surface area (Å²) in [5.41, 5.74) is -2.95. The van der Waals surface area contributed by atoms with Crippen LogP contribution in [0.5, 0.6) is 0 Å². The second kappa shape index (κ2) is 3.56. The van der Waals surface area contributed by atoms with Crippen molar-refractivity contribution in [3.8, 4) is 0 Å². The fourth-order valence-corrected chi connectivity index (χ4v) is 1.20. The molecule has 0 aromatic rings. The second-order valence-corrected chi connectivity index (χ2v) is 2.96. The molecule has 2 radical (unpaired) electrons. The van der Waals surface area contributed by atoms with E-state index < -0.39 is 35.7 Å². The van der Waals surface area contributed by atoms with Crippen LogP contribution in [0, 0.1) is 0 Å². The van der Waals surface area contributed by atoms with E-state index in [1.807, 2.05) is 0 Å². The Hall–Kier alpha value is -1.41. The van der Waals surface area contributed by atoms with Crippen LogP contribution in [-0.2, 0) is 0 Å². The lowest BCUT2D eigenvalue weighted by Gasteiger charge is -2.28. The largest absolute Gasteiger partial charge is 0.416 e. The van der Waals surface area contributed by atoms with Crippen molar-refractivity contribution in [2.75, 3.05) is 0 Å². The number of nitrogens with zero attached hydrogens (tertiary/aromatic N) is 2. The van der Waals surface area contributed by atoms with Crippen LogP contribution in [0.4, 0.5) is 31.1 Å². The fraction of sp³-hybridized carbons (Fsp3) is 0.571. The Bertz CT molecular complexity index is 342. The summed E-state index contributed by atoms with van der Waals surface area (Å²) >= 11 is 0. The summed E-state index contributed by atoms with van der Waals surface area (Å²) in [6, 6.07) is -4.75. The topological polar surface area (TPSA) is 45.3 Å². The number of urea groups is 1. The van der Waals surface area contributed by atoms with Gasteiger partial charge in [0.25, 0.3) is 0 Å². The zero-order valence-corrected chi connectivity index (χ0v) is 7.65. The van der Waals surface area contributed by atoms with Crippen molar-refractivity contribution < 1.29 is 31.1 Å². The number of rotatable bonds is 0. The van der Waals surface area contributed by atoms with Crippen LogP contribution >= 0.6 is 0 Å². The third-order valence-electron chi connectivity index (χ3n) is 1.78. The minimum absolute atomic E-state index is 0.689. The van der Waals surface area contributed by atoms with Gasteiger partial charge in [-0.3, -0.25) is 0 Å². The van der Waals surface area contributed by atoms with Crippen molar-refractivity contribution in [3.63, 3.8) is 0 Å². The Balaban J connectivity index is 3.25. The first-order valence-electron chi connectivity index (χ1n) is 3.84. The number of carbonyl (C=O) groups is 1. The Morgan fingerprint density at radius 1 is 1.12 bits per heavy atom. The lowest BCUT2D eigenvalue weighted by atomic mass is 10.0.